The van der Waals surface area contributed by atoms with Gasteiger partial charge in [0.15, 0.2) is 0 Å². The molecule has 1 aromatic carbocycles. The lowest BCUT2D eigenvalue weighted by atomic mass is 9.79. The molecule has 0 bridgehead atoms. The van der Waals surface area contributed by atoms with Gasteiger partial charge >= 0.3 is 0 Å². The molecule has 0 saturated heterocycles. The summed E-state index contributed by atoms with van der Waals surface area (Å²) in [5, 5.41) is 26.6. The first kappa shape index (κ1) is 15.0. The van der Waals surface area contributed by atoms with E-state index in [1.807, 2.05) is 26.8 Å². The minimum atomic E-state index is -0.427. The average Bonchev–Trinajstić information content (AvgIpc) is 2.89. The zero-order chi connectivity index (χ0) is 16.8. The molecule has 2 heterocycles. The van der Waals surface area contributed by atoms with Crippen LogP contribution in [0.25, 0.3) is 0 Å². The predicted molar refractivity (Wildman–Crippen MR) is 84.7 cm³/mol. The molecule has 0 saturated carbocycles. The second-order valence-electron chi connectivity index (χ2n) is 6.59. The molecule has 1 aliphatic rings. The summed E-state index contributed by atoms with van der Waals surface area (Å²) in [5.74, 6) is 0.121. The van der Waals surface area contributed by atoms with E-state index in [-0.39, 0.29) is 17.0 Å². The third-order valence-electron chi connectivity index (χ3n) is 3.89. The molecule has 0 radical (unpaired) electrons. The Morgan fingerprint density at radius 1 is 1.39 bits per heavy atom. The summed E-state index contributed by atoms with van der Waals surface area (Å²) >= 11 is 0. The van der Waals surface area contributed by atoms with Gasteiger partial charge in [0, 0.05) is 11.1 Å². The van der Waals surface area contributed by atoms with Crippen molar-refractivity contribution >= 4 is 0 Å². The molecule has 23 heavy (non-hydrogen) atoms. The molecule has 6 heteroatoms. The van der Waals surface area contributed by atoms with Crippen LogP contribution in [0.2, 0.25) is 0 Å². The van der Waals surface area contributed by atoms with Crippen molar-refractivity contribution in [3.05, 3.63) is 52.5 Å². The summed E-state index contributed by atoms with van der Waals surface area (Å²) in [5.41, 5.74) is 8.43. The fraction of sp³-hybridized carbons (Fsp3) is 0.294. The molecule has 2 aromatic rings. The van der Waals surface area contributed by atoms with Crippen molar-refractivity contribution in [2.75, 3.05) is 0 Å². The first-order valence-corrected chi connectivity index (χ1v) is 7.28. The molecule has 1 aromatic heterocycles. The van der Waals surface area contributed by atoms with Crippen molar-refractivity contribution in [1.82, 2.24) is 10.2 Å². The Hall–Kier alpha value is -2.94. The molecule has 0 fully saturated rings. The number of aromatic amines is 1. The summed E-state index contributed by atoms with van der Waals surface area (Å²) in [6.07, 6.45) is 0. The fourth-order valence-corrected chi connectivity index (χ4v) is 2.85. The maximum atomic E-state index is 9.81. The monoisotopic (exact) mass is 310 g/mol. The van der Waals surface area contributed by atoms with Crippen LogP contribution in [-0.4, -0.2) is 15.3 Å². The molecule has 6 nitrogen and oxygen atoms in total. The number of nitriles is 1. The van der Waals surface area contributed by atoms with E-state index in [0.29, 0.717) is 11.5 Å². The number of nitrogens with one attached hydrogen (secondary N) is 1. The zero-order valence-corrected chi connectivity index (χ0v) is 13.2. The number of fused-ring (bicyclic) bond motifs is 1. The molecule has 0 spiro atoms. The van der Waals surface area contributed by atoms with Crippen LogP contribution in [0.5, 0.6) is 11.6 Å². The highest BCUT2D eigenvalue weighted by Crippen LogP contribution is 2.45. The van der Waals surface area contributed by atoms with E-state index in [0.717, 1.165) is 16.8 Å². The minimum absolute atomic E-state index is 0.0419. The number of ether oxygens (including phenoxy) is 1. The topological polar surface area (TPSA) is 108 Å². The number of hydrogen-bond donors (Lipinski definition) is 3. The Morgan fingerprint density at radius 3 is 2.74 bits per heavy atom. The van der Waals surface area contributed by atoms with Crippen molar-refractivity contribution < 1.29 is 9.84 Å². The van der Waals surface area contributed by atoms with Crippen LogP contribution in [0.3, 0.4) is 0 Å². The van der Waals surface area contributed by atoms with Gasteiger partial charge in [0.25, 0.3) is 0 Å². The molecule has 0 amide bonds. The maximum Gasteiger partial charge on any atom is 0.244 e. The summed E-state index contributed by atoms with van der Waals surface area (Å²) < 4.78 is 5.52. The second-order valence-corrected chi connectivity index (χ2v) is 6.59. The van der Waals surface area contributed by atoms with Crippen molar-refractivity contribution in [2.24, 2.45) is 5.73 Å². The van der Waals surface area contributed by atoms with Crippen LogP contribution >= 0.6 is 0 Å². The lowest BCUT2D eigenvalue weighted by Gasteiger charge is -2.27. The van der Waals surface area contributed by atoms with Crippen LogP contribution < -0.4 is 10.5 Å². The van der Waals surface area contributed by atoms with E-state index in [9.17, 15) is 10.4 Å². The zero-order valence-electron chi connectivity index (χ0n) is 13.2. The molecule has 0 aliphatic carbocycles. The standard InChI is InChI=1S/C17H18N4O2/c1-17(2,3)14-13-12(9-5-4-6-10(22)7-9)11(8-18)15(19)23-16(13)21-20-14/h4-7,12,22H,19H2,1-3H3,(H,20,21)/t12-/m0/s1. The van der Waals surface area contributed by atoms with Crippen LogP contribution in [0.4, 0.5) is 0 Å². The van der Waals surface area contributed by atoms with Crippen molar-refractivity contribution in [2.45, 2.75) is 32.1 Å². The number of H-pyrrole nitrogens is 1. The van der Waals surface area contributed by atoms with Gasteiger partial charge in [-0.15, -0.1) is 5.10 Å². The average molecular weight is 310 g/mol. The highest BCUT2D eigenvalue weighted by Gasteiger charge is 2.38. The number of allylic oxidation sites excluding steroid dienone is 1. The molecule has 1 atom stereocenters. The van der Waals surface area contributed by atoms with E-state index in [1.165, 1.54) is 0 Å². The summed E-state index contributed by atoms with van der Waals surface area (Å²) in [7, 11) is 0. The van der Waals surface area contributed by atoms with E-state index in [2.05, 4.69) is 16.3 Å². The first-order chi connectivity index (χ1) is 10.8. The lowest BCUT2D eigenvalue weighted by molar-refractivity contribution is 0.378. The Kier molecular flexibility index (Phi) is 3.29. The van der Waals surface area contributed by atoms with Gasteiger partial charge in [-0.05, 0) is 17.7 Å². The van der Waals surface area contributed by atoms with E-state index >= 15 is 0 Å². The Balaban J connectivity index is 2.28. The molecule has 1 aliphatic heterocycles. The van der Waals surface area contributed by atoms with E-state index in [1.54, 1.807) is 18.2 Å². The number of aromatic nitrogens is 2. The van der Waals surface area contributed by atoms with Gasteiger partial charge in [0.2, 0.25) is 11.8 Å². The molecular weight excluding hydrogens is 292 g/mol. The number of nitrogens with zero attached hydrogens (tertiary/aromatic N) is 2. The SMILES string of the molecule is CC(C)(C)c1[nH]nc2c1[C@@H](c1cccc(O)c1)C(C#N)=C(N)O2. The highest BCUT2D eigenvalue weighted by atomic mass is 16.5. The van der Waals surface area contributed by atoms with Gasteiger partial charge < -0.3 is 15.6 Å². The lowest BCUT2D eigenvalue weighted by Crippen LogP contribution is -2.23. The maximum absolute atomic E-state index is 9.81. The van der Waals surface area contributed by atoms with Crippen LogP contribution in [0.1, 0.15) is 43.5 Å². The largest absolute Gasteiger partial charge is 0.508 e. The third-order valence-corrected chi connectivity index (χ3v) is 3.89. The second kappa shape index (κ2) is 5.06. The number of rotatable bonds is 1. The molecule has 0 unspecified atom stereocenters. The van der Waals surface area contributed by atoms with Gasteiger partial charge in [-0.3, -0.25) is 5.10 Å². The quantitative estimate of drug-likeness (QED) is 0.750. The van der Waals surface area contributed by atoms with Gasteiger partial charge in [-0.25, -0.2) is 0 Å². The van der Waals surface area contributed by atoms with E-state index < -0.39 is 5.92 Å². The molecule has 3 rings (SSSR count). The smallest absolute Gasteiger partial charge is 0.244 e. The van der Waals surface area contributed by atoms with Crippen LogP contribution in [-0.2, 0) is 5.41 Å². The number of phenols is 1. The number of benzene rings is 1. The van der Waals surface area contributed by atoms with Crippen molar-refractivity contribution in [3.8, 4) is 17.7 Å². The summed E-state index contributed by atoms with van der Waals surface area (Å²) in [6.45, 7) is 6.15. The van der Waals surface area contributed by atoms with Gasteiger partial charge in [0.1, 0.15) is 17.4 Å². The molecule has 4 N–H and O–H groups in total. The predicted octanol–water partition coefficient (Wildman–Crippen LogP) is 2.63. The highest BCUT2D eigenvalue weighted by molar-refractivity contribution is 5.56. The normalized spacial score (nSPS) is 17.4. The summed E-state index contributed by atoms with van der Waals surface area (Å²) in [6, 6.07) is 8.94. The number of aromatic hydroxyl groups is 1. The van der Waals surface area contributed by atoms with Crippen molar-refractivity contribution in [1.29, 1.82) is 5.26 Å². The minimum Gasteiger partial charge on any atom is -0.508 e. The van der Waals surface area contributed by atoms with Gasteiger partial charge in [0.05, 0.1) is 11.5 Å². The number of nitrogens with two attached hydrogens (primary N) is 1. The Morgan fingerprint density at radius 2 is 2.13 bits per heavy atom. The Labute approximate surface area is 134 Å². The third kappa shape index (κ3) is 2.40. The Bertz CT molecular complexity index is 837. The molecule has 118 valence electrons. The molecular formula is C17H18N4O2. The summed E-state index contributed by atoms with van der Waals surface area (Å²) in [4.78, 5) is 0. The van der Waals surface area contributed by atoms with Crippen LogP contribution in [0, 0.1) is 11.3 Å². The first-order valence-electron chi connectivity index (χ1n) is 7.28. The number of hydrogen-bond acceptors (Lipinski definition) is 5. The van der Waals surface area contributed by atoms with E-state index in [4.69, 9.17) is 10.5 Å². The van der Waals surface area contributed by atoms with Gasteiger partial charge in [-0.2, -0.15) is 5.26 Å². The van der Waals surface area contributed by atoms with Crippen molar-refractivity contribution in [3.63, 3.8) is 0 Å². The number of phenolic OH excluding ortho intramolecular Hbond substituents is 1. The van der Waals surface area contributed by atoms with Crippen LogP contribution in [0.15, 0.2) is 35.7 Å². The van der Waals surface area contributed by atoms with Gasteiger partial charge in [-0.1, -0.05) is 32.9 Å². The fourth-order valence-electron chi connectivity index (χ4n) is 2.85.